The van der Waals surface area contributed by atoms with Gasteiger partial charge in [0.1, 0.15) is 17.1 Å². The number of nitrogens with one attached hydrogen (secondary N) is 2. The first-order valence-corrected chi connectivity index (χ1v) is 8.56. The molecule has 2 N–H and O–H groups in total. The van der Waals surface area contributed by atoms with Crippen LogP contribution in [0.3, 0.4) is 0 Å². The number of carbonyl (C=O) groups is 1. The standard InChI is InChI=1S/C19H23N3O3.2ClH/c1-11-7-13(3)21-16(8-11)22-18(23)17-12(2)9-15(25-19(17)24)14-5-4-6-20-10-14;;/h7-9,14,20H,4-6,10H2,1-3H3,(H,21,22,23);2*1H. The predicted molar refractivity (Wildman–Crippen MR) is 111 cm³/mol. The molecule has 1 atom stereocenters. The number of hydrogen-bond acceptors (Lipinski definition) is 5. The minimum Gasteiger partial charge on any atom is -0.427 e. The molecule has 0 aliphatic carbocycles. The number of amides is 1. The van der Waals surface area contributed by atoms with E-state index >= 15 is 0 Å². The number of anilines is 1. The second-order valence-electron chi connectivity index (χ2n) is 6.66. The van der Waals surface area contributed by atoms with Gasteiger partial charge in [0, 0.05) is 18.2 Å². The Morgan fingerprint density at radius 3 is 2.56 bits per heavy atom. The average molecular weight is 414 g/mol. The Balaban J connectivity index is 0.00000182. The number of nitrogens with zero attached hydrogens (tertiary/aromatic N) is 1. The first-order valence-electron chi connectivity index (χ1n) is 8.56. The van der Waals surface area contributed by atoms with Gasteiger partial charge in [0.05, 0.1) is 0 Å². The van der Waals surface area contributed by atoms with Crippen LogP contribution in [0.15, 0.2) is 27.4 Å². The minimum absolute atomic E-state index is 0. The van der Waals surface area contributed by atoms with Gasteiger partial charge in [-0.15, -0.1) is 24.8 Å². The summed E-state index contributed by atoms with van der Waals surface area (Å²) in [6, 6.07) is 5.50. The second-order valence-corrected chi connectivity index (χ2v) is 6.66. The van der Waals surface area contributed by atoms with Gasteiger partial charge in [-0.2, -0.15) is 0 Å². The minimum atomic E-state index is -0.595. The third-order valence-electron chi connectivity index (χ3n) is 4.43. The molecule has 1 amide bonds. The van der Waals surface area contributed by atoms with Gasteiger partial charge >= 0.3 is 5.63 Å². The molecule has 1 fully saturated rings. The number of aryl methyl sites for hydroxylation is 3. The summed E-state index contributed by atoms with van der Waals surface area (Å²) in [7, 11) is 0. The fourth-order valence-corrected chi connectivity index (χ4v) is 3.29. The topological polar surface area (TPSA) is 84.2 Å². The molecule has 1 aliphatic rings. The summed E-state index contributed by atoms with van der Waals surface area (Å²) in [5.74, 6) is 0.771. The molecule has 0 saturated carbocycles. The molecule has 6 nitrogen and oxygen atoms in total. The van der Waals surface area contributed by atoms with Gasteiger partial charge in [0.25, 0.3) is 5.91 Å². The van der Waals surface area contributed by atoms with Crippen LogP contribution in [0.1, 0.15) is 51.7 Å². The van der Waals surface area contributed by atoms with E-state index in [2.05, 4.69) is 15.6 Å². The van der Waals surface area contributed by atoms with Crippen molar-refractivity contribution in [2.45, 2.75) is 39.5 Å². The van der Waals surface area contributed by atoms with Crippen molar-refractivity contribution >= 4 is 36.5 Å². The van der Waals surface area contributed by atoms with Crippen LogP contribution in [-0.2, 0) is 0 Å². The Kier molecular flexibility index (Phi) is 8.47. The third kappa shape index (κ3) is 5.54. The summed E-state index contributed by atoms with van der Waals surface area (Å²) in [4.78, 5) is 29.2. The van der Waals surface area contributed by atoms with Crippen LogP contribution in [0.5, 0.6) is 0 Å². The van der Waals surface area contributed by atoms with Crippen molar-refractivity contribution in [1.82, 2.24) is 10.3 Å². The SMILES string of the molecule is Cc1cc(C)nc(NC(=O)c2c(C)cc(C3CCCNC3)oc2=O)c1.Cl.Cl. The van der Waals surface area contributed by atoms with Gasteiger partial charge in [-0.3, -0.25) is 4.79 Å². The highest BCUT2D eigenvalue weighted by molar-refractivity contribution is 6.04. The molecule has 3 heterocycles. The maximum Gasteiger partial charge on any atom is 0.349 e. The van der Waals surface area contributed by atoms with E-state index in [1.54, 1.807) is 13.0 Å². The van der Waals surface area contributed by atoms with Crippen molar-refractivity contribution in [3.63, 3.8) is 0 Å². The van der Waals surface area contributed by atoms with Crippen LogP contribution < -0.4 is 16.3 Å². The number of pyridine rings is 1. The molecule has 27 heavy (non-hydrogen) atoms. The Morgan fingerprint density at radius 2 is 1.96 bits per heavy atom. The first-order chi connectivity index (χ1) is 11.9. The Hall–Kier alpha value is -1.89. The molecule has 3 rings (SSSR count). The van der Waals surface area contributed by atoms with Gasteiger partial charge in [-0.05, 0) is 69.5 Å². The Morgan fingerprint density at radius 1 is 1.22 bits per heavy atom. The number of carbonyl (C=O) groups excluding carboxylic acids is 1. The zero-order valence-electron chi connectivity index (χ0n) is 15.6. The molecule has 1 aliphatic heterocycles. The molecular weight excluding hydrogens is 389 g/mol. The number of hydrogen-bond donors (Lipinski definition) is 2. The van der Waals surface area contributed by atoms with E-state index in [9.17, 15) is 9.59 Å². The van der Waals surface area contributed by atoms with E-state index in [1.807, 2.05) is 26.0 Å². The van der Waals surface area contributed by atoms with E-state index in [4.69, 9.17) is 4.42 Å². The largest absolute Gasteiger partial charge is 0.427 e. The quantitative estimate of drug-likeness (QED) is 0.803. The highest BCUT2D eigenvalue weighted by Crippen LogP contribution is 2.23. The Bertz CT molecular complexity index is 842. The van der Waals surface area contributed by atoms with E-state index < -0.39 is 11.5 Å². The summed E-state index contributed by atoms with van der Waals surface area (Å²) >= 11 is 0. The summed E-state index contributed by atoms with van der Waals surface area (Å²) < 4.78 is 5.46. The van der Waals surface area contributed by atoms with Gasteiger partial charge in [0.15, 0.2) is 0 Å². The van der Waals surface area contributed by atoms with Crippen molar-refractivity contribution < 1.29 is 9.21 Å². The highest BCUT2D eigenvalue weighted by atomic mass is 35.5. The van der Waals surface area contributed by atoms with Crippen molar-refractivity contribution in [2.24, 2.45) is 0 Å². The lowest BCUT2D eigenvalue weighted by Gasteiger charge is -2.22. The van der Waals surface area contributed by atoms with Gasteiger partial charge in [-0.1, -0.05) is 0 Å². The van der Waals surface area contributed by atoms with Gasteiger partial charge < -0.3 is 15.1 Å². The van der Waals surface area contributed by atoms with Crippen molar-refractivity contribution in [2.75, 3.05) is 18.4 Å². The molecule has 2 aromatic heterocycles. The summed E-state index contributed by atoms with van der Waals surface area (Å²) in [6.07, 6.45) is 2.03. The molecule has 148 valence electrons. The fraction of sp³-hybridized carbons (Fsp3) is 0.421. The predicted octanol–water partition coefficient (Wildman–Crippen LogP) is 3.52. The number of piperidine rings is 1. The lowest BCUT2D eigenvalue weighted by Crippen LogP contribution is -2.30. The summed E-state index contributed by atoms with van der Waals surface area (Å²) in [5, 5.41) is 6.00. The molecular formula is C19H25Cl2N3O3. The maximum atomic E-state index is 12.5. The monoisotopic (exact) mass is 413 g/mol. The smallest absolute Gasteiger partial charge is 0.349 e. The normalized spacial score (nSPS) is 16.0. The van der Waals surface area contributed by atoms with Crippen LogP contribution in [-0.4, -0.2) is 24.0 Å². The summed E-state index contributed by atoms with van der Waals surface area (Å²) in [6.45, 7) is 7.33. The first kappa shape index (κ1) is 23.1. The van der Waals surface area contributed by atoms with E-state index in [1.165, 1.54) is 0 Å². The lowest BCUT2D eigenvalue weighted by molar-refractivity contribution is 0.102. The van der Waals surface area contributed by atoms with Gasteiger partial charge in [-0.25, -0.2) is 9.78 Å². The molecule has 2 aromatic rings. The van der Waals surface area contributed by atoms with Crippen LogP contribution in [0.25, 0.3) is 0 Å². The molecule has 1 unspecified atom stereocenters. The van der Waals surface area contributed by atoms with Crippen molar-refractivity contribution in [3.8, 4) is 0 Å². The third-order valence-corrected chi connectivity index (χ3v) is 4.43. The van der Waals surface area contributed by atoms with E-state index in [0.29, 0.717) is 17.1 Å². The molecule has 0 spiro atoms. The second kappa shape index (κ2) is 9.88. The lowest BCUT2D eigenvalue weighted by atomic mass is 9.95. The van der Waals surface area contributed by atoms with E-state index in [0.717, 1.165) is 37.2 Å². The highest BCUT2D eigenvalue weighted by Gasteiger charge is 2.22. The van der Waals surface area contributed by atoms with Crippen molar-refractivity contribution in [3.05, 3.63) is 56.8 Å². The van der Waals surface area contributed by atoms with Crippen LogP contribution in [0.4, 0.5) is 5.82 Å². The fourth-order valence-electron chi connectivity index (χ4n) is 3.29. The van der Waals surface area contributed by atoms with Gasteiger partial charge in [0.2, 0.25) is 0 Å². The molecule has 0 bridgehead atoms. The van der Waals surface area contributed by atoms with Crippen molar-refractivity contribution in [1.29, 1.82) is 0 Å². The van der Waals surface area contributed by atoms with Crippen LogP contribution in [0, 0.1) is 20.8 Å². The molecule has 8 heteroatoms. The zero-order chi connectivity index (χ0) is 18.0. The molecule has 0 aromatic carbocycles. The number of halogens is 2. The van der Waals surface area contributed by atoms with Crippen LogP contribution in [0.2, 0.25) is 0 Å². The van der Waals surface area contributed by atoms with E-state index in [-0.39, 0.29) is 36.3 Å². The average Bonchev–Trinajstić information content (AvgIpc) is 2.54. The molecule has 1 saturated heterocycles. The Labute approximate surface area is 171 Å². The molecule has 0 radical (unpaired) electrons. The number of aromatic nitrogens is 1. The van der Waals surface area contributed by atoms with Crippen LogP contribution >= 0.6 is 24.8 Å². The maximum absolute atomic E-state index is 12.5. The zero-order valence-corrected chi connectivity index (χ0v) is 17.3. The number of rotatable bonds is 3. The summed E-state index contributed by atoms with van der Waals surface area (Å²) in [5.41, 5.74) is 1.86.